The third-order valence-electron chi connectivity index (χ3n) is 0.777. The van der Waals surface area contributed by atoms with Crippen molar-refractivity contribution in [3.8, 4) is 0 Å². The minimum absolute atomic E-state index is 0.193. The lowest BCUT2D eigenvalue weighted by atomic mass is 10.0. The van der Waals surface area contributed by atoms with Gasteiger partial charge in [0.05, 0.1) is 0 Å². The van der Waals surface area contributed by atoms with Crippen molar-refractivity contribution < 1.29 is 4.79 Å². The van der Waals surface area contributed by atoms with Crippen LogP contribution in [0.2, 0.25) is 6.32 Å². The van der Waals surface area contributed by atoms with Crippen molar-refractivity contribution >= 4 is 13.8 Å². The molecule has 40 valence electrons. The van der Waals surface area contributed by atoms with Gasteiger partial charge >= 0.3 is 0 Å². The second-order valence-corrected chi connectivity index (χ2v) is 1.57. The topological polar surface area (TPSA) is 43.1 Å². The summed E-state index contributed by atoms with van der Waals surface area (Å²) < 4.78 is 0. The van der Waals surface area contributed by atoms with Gasteiger partial charge in [-0.1, -0.05) is 12.7 Å². The molecule has 0 saturated heterocycles. The molecule has 0 rings (SSSR count). The number of nitrogens with two attached hydrogens (primary N) is 1. The molecule has 0 saturated carbocycles. The van der Waals surface area contributed by atoms with Crippen molar-refractivity contribution in [2.45, 2.75) is 19.2 Å². The Morgan fingerprint density at radius 3 is 2.43 bits per heavy atom. The number of primary amides is 1. The van der Waals surface area contributed by atoms with Gasteiger partial charge < -0.3 is 5.73 Å². The fourth-order valence-corrected chi connectivity index (χ4v) is 0.351. The first-order valence-corrected chi connectivity index (χ1v) is 2.55. The van der Waals surface area contributed by atoms with Crippen LogP contribution in [0.15, 0.2) is 0 Å². The van der Waals surface area contributed by atoms with Crippen LogP contribution in [0.3, 0.4) is 0 Å². The Hall–Kier alpha value is -0.465. The van der Waals surface area contributed by atoms with E-state index in [0.29, 0.717) is 6.42 Å². The molecule has 0 aromatic carbocycles. The monoisotopic (exact) mass is 99.1 g/mol. The van der Waals surface area contributed by atoms with Crippen LogP contribution in [0.1, 0.15) is 12.8 Å². The molecule has 0 bridgehead atoms. The quantitative estimate of drug-likeness (QED) is 0.467. The minimum atomic E-state index is -0.193. The zero-order valence-corrected chi connectivity index (χ0v) is 4.61. The normalized spacial score (nSPS) is 8.57. The van der Waals surface area contributed by atoms with Gasteiger partial charge in [0, 0.05) is 6.42 Å². The zero-order chi connectivity index (χ0) is 5.70. The predicted octanol–water partition coefficient (Wildman–Crippen LogP) is -0.697. The molecule has 0 aliphatic rings. The van der Waals surface area contributed by atoms with Gasteiger partial charge in [0.1, 0.15) is 7.85 Å². The van der Waals surface area contributed by atoms with E-state index >= 15 is 0 Å². The first kappa shape index (κ1) is 6.53. The van der Waals surface area contributed by atoms with Crippen molar-refractivity contribution in [2.75, 3.05) is 0 Å². The molecule has 1 amide bonds. The summed E-state index contributed by atoms with van der Waals surface area (Å²) >= 11 is 0. The summed E-state index contributed by atoms with van der Waals surface area (Å²) in [7, 11) is 2.03. The number of carbonyl (C=O) groups is 1. The van der Waals surface area contributed by atoms with Crippen molar-refractivity contribution in [3.05, 3.63) is 0 Å². The second kappa shape index (κ2) is 3.72. The molecule has 0 fully saturated rings. The molecule has 0 spiro atoms. The number of carbonyl (C=O) groups excluding carboxylic acids is 1. The van der Waals surface area contributed by atoms with E-state index in [0.717, 1.165) is 12.7 Å². The number of hydrogen-bond donors (Lipinski definition) is 1. The fraction of sp³-hybridized carbons (Fsp3) is 0.750. The van der Waals surface area contributed by atoms with Gasteiger partial charge in [-0.05, 0) is 0 Å². The van der Waals surface area contributed by atoms with Gasteiger partial charge in [-0.25, -0.2) is 0 Å². The van der Waals surface area contributed by atoms with Crippen LogP contribution in [0.25, 0.3) is 0 Å². The maximum atomic E-state index is 9.98. The number of amides is 1. The standard InChI is InChI=1S/C4H10BNO/c5-3-1-2-4(6)7/h1-3,5H2,(H2,6,7). The summed E-state index contributed by atoms with van der Waals surface area (Å²) in [6.45, 7) is 0. The second-order valence-electron chi connectivity index (χ2n) is 1.57. The highest BCUT2D eigenvalue weighted by Gasteiger charge is 1.88. The lowest BCUT2D eigenvalue weighted by molar-refractivity contribution is -0.118. The minimum Gasteiger partial charge on any atom is -0.370 e. The van der Waals surface area contributed by atoms with E-state index < -0.39 is 0 Å². The lowest BCUT2D eigenvalue weighted by Gasteiger charge is -1.86. The Kier molecular flexibility index (Phi) is 3.47. The third-order valence-corrected chi connectivity index (χ3v) is 0.777. The van der Waals surface area contributed by atoms with E-state index in [2.05, 4.69) is 0 Å². The van der Waals surface area contributed by atoms with E-state index in [1.54, 1.807) is 0 Å². The van der Waals surface area contributed by atoms with Crippen molar-refractivity contribution in [1.82, 2.24) is 0 Å². The molecule has 2 N–H and O–H groups in total. The Morgan fingerprint density at radius 1 is 1.71 bits per heavy atom. The zero-order valence-electron chi connectivity index (χ0n) is 4.61. The summed E-state index contributed by atoms with van der Waals surface area (Å²) in [5.41, 5.74) is 4.84. The third kappa shape index (κ3) is 5.53. The molecule has 0 aliphatic carbocycles. The van der Waals surface area contributed by atoms with Crippen LogP contribution in [-0.4, -0.2) is 13.8 Å². The average molecular weight is 98.9 g/mol. The molecule has 3 heteroatoms. The first-order valence-electron chi connectivity index (χ1n) is 2.55. The van der Waals surface area contributed by atoms with E-state index in [1.807, 2.05) is 7.85 Å². The Bertz CT molecular complexity index is 64.7. The molecule has 0 heterocycles. The van der Waals surface area contributed by atoms with Crippen LogP contribution >= 0.6 is 0 Å². The fourth-order valence-electron chi connectivity index (χ4n) is 0.351. The van der Waals surface area contributed by atoms with Crippen LogP contribution < -0.4 is 5.73 Å². The van der Waals surface area contributed by atoms with Gasteiger partial charge in [0.25, 0.3) is 0 Å². The van der Waals surface area contributed by atoms with Crippen molar-refractivity contribution in [1.29, 1.82) is 0 Å². The van der Waals surface area contributed by atoms with E-state index in [1.165, 1.54) is 0 Å². The first-order chi connectivity index (χ1) is 3.27. The highest BCUT2D eigenvalue weighted by Crippen LogP contribution is 1.88. The molecule has 0 unspecified atom stereocenters. The highest BCUT2D eigenvalue weighted by atomic mass is 16.1. The van der Waals surface area contributed by atoms with Crippen LogP contribution in [0.5, 0.6) is 0 Å². The van der Waals surface area contributed by atoms with Crippen LogP contribution in [-0.2, 0) is 4.79 Å². The van der Waals surface area contributed by atoms with Crippen LogP contribution in [0.4, 0.5) is 0 Å². The smallest absolute Gasteiger partial charge is 0.217 e. The summed E-state index contributed by atoms with van der Waals surface area (Å²) in [5, 5.41) is 0. The average Bonchev–Trinajstić information content (AvgIpc) is 1.61. The molecule has 0 aromatic heterocycles. The molecule has 2 nitrogen and oxygen atoms in total. The Morgan fingerprint density at radius 2 is 2.29 bits per heavy atom. The summed E-state index contributed by atoms with van der Waals surface area (Å²) in [6, 6.07) is 0. The van der Waals surface area contributed by atoms with Crippen molar-refractivity contribution in [2.24, 2.45) is 5.73 Å². The Balaban J connectivity index is 2.82. The van der Waals surface area contributed by atoms with Gasteiger partial charge in [0.2, 0.25) is 5.91 Å². The summed E-state index contributed by atoms with van der Waals surface area (Å²) in [4.78, 5) is 9.98. The largest absolute Gasteiger partial charge is 0.370 e. The highest BCUT2D eigenvalue weighted by molar-refractivity contribution is 6.08. The van der Waals surface area contributed by atoms with E-state index in [-0.39, 0.29) is 5.91 Å². The molecule has 0 radical (unpaired) electrons. The van der Waals surface area contributed by atoms with Gasteiger partial charge in [-0.3, -0.25) is 4.79 Å². The molecule has 0 atom stereocenters. The van der Waals surface area contributed by atoms with Gasteiger partial charge in [-0.2, -0.15) is 0 Å². The van der Waals surface area contributed by atoms with Gasteiger partial charge in [-0.15, -0.1) is 0 Å². The summed E-state index contributed by atoms with van der Waals surface area (Å²) in [5.74, 6) is -0.193. The van der Waals surface area contributed by atoms with Crippen molar-refractivity contribution in [3.63, 3.8) is 0 Å². The lowest BCUT2D eigenvalue weighted by Crippen LogP contribution is -2.09. The number of hydrogen-bond acceptors (Lipinski definition) is 1. The molecular formula is C4H10BNO. The van der Waals surface area contributed by atoms with E-state index in [4.69, 9.17) is 5.73 Å². The Labute approximate surface area is 44.5 Å². The summed E-state index contributed by atoms with van der Waals surface area (Å²) in [6.07, 6.45) is 2.51. The maximum absolute atomic E-state index is 9.98. The SMILES string of the molecule is BCCCC(N)=O. The van der Waals surface area contributed by atoms with E-state index in [9.17, 15) is 4.79 Å². The predicted molar refractivity (Wildman–Crippen MR) is 31.8 cm³/mol. The molecule has 7 heavy (non-hydrogen) atoms. The van der Waals surface area contributed by atoms with Gasteiger partial charge in [0.15, 0.2) is 0 Å². The molecule has 0 aromatic rings. The maximum Gasteiger partial charge on any atom is 0.217 e. The molecule has 0 aliphatic heterocycles. The number of rotatable bonds is 3. The molecular weight excluding hydrogens is 88.9 g/mol. The van der Waals surface area contributed by atoms with Crippen LogP contribution in [0, 0.1) is 0 Å².